The van der Waals surface area contributed by atoms with Crippen LogP contribution in [0.1, 0.15) is 73.1 Å². The number of rotatable bonds is 2. The van der Waals surface area contributed by atoms with Crippen LogP contribution < -0.4 is 0 Å². The van der Waals surface area contributed by atoms with Gasteiger partial charge in [0, 0.05) is 31.1 Å². The molecule has 4 rings (SSSR count). The van der Waals surface area contributed by atoms with Crippen molar-refractivity contribution in [2.45, 2.75) is 78.7 Å². The maximum atomic E-state index is 13.7. The summed E-state index contributed by atoms with van der Waals surface area (Å²) in [5.74, 6) is 0.165. The highest BCUT2D eigenvalue weighted by Crippen LogP contribution is 2.68. The lowest BCUT2D eigenvalue weighted by Crippen LogP contribution is -2.62. The van der Waals surface area contributed by atoms with Gasteiger partial charge < -0.3 is 4.74 Å². The number of ketones is 3. The van der Waals surface area contributed by atoms with Crippen molar-refractivity contribution in [1.82, 2.24) is 0 Å². The molecule has 7 atom stereocenters. The van der Waals surface area contributed by atoms with Crippen molar-refractivity contribution in [2.24, 2.45) is 34.5 Å². The summed E-state index contributed by atoms with van der Waals surface area (Å²) < 4.78 is 5.74. The number of hydrogen-bond donors (Lipinski definition) is 0. The van der Waals surface area contributed by atoms with Gasteiger partial charge in [-0.25, -0.2) is 0 Å². The van der Waals surface area contributed by atoms with Gasteiger partial charge in [0.1, 0.15) is 5.78 Å². The van der Waals surface area contributed by atoms with Gasteiger partial charge in [0.2, 0.25) is 0 Å². The number of allylic oxidation sites excluding steroid dienone is 1. The van der Waals surface area contributed by atoms with E-state index in [-0.39, 0.29) is 52.9 Å². The van der Waals surface area contributed by atoms with Crippen LogP contribution in [-0.4, -0.2) is 28.9 Å². The first kappa shape index (κ1) is 20.5. The molecule has 5 nitrogen and oxygen atoms in total. The molecule has 0 N–H and O–H groups in total. The molecule has 0 radical (unpaired) electrons. The molecule has 29 heavy (non-hydrogen) atoms. The van der Waals surface area contributed by atoms with Crippen LogP contribution in [0.4, 0.5) is 0 Å². The van der Waals surface area contributed by atoms with E-state index in [1.807, 2.05) is 6.92 Å². The highest BCUT2D eigenvalue weighted by Gasteiger charge is 2.70. The van der Waals surface area contributed by atoms with Gasteiger partial charge in [-0.1, -0.05) is 26.3 Å². The van der Waals surface area contributed by atoms with E-state index in [1.54, 1.807) is 6.08 Å². The minimum atomic E-state index is -1.20. The Balaban J connectivity index is 1.80. The summed E-state index contributed by atoms with van der Waals surface area (Å²) in [7, 11) is 0. The second-order valence-corrected chi connectivity index (χ2v) is 10.4. The number of hydrogen-bond acceptors (Lipinski definition) is 5. The molecule has 0 spiro atoms. The van der Waals surface area contributed by atoms with Crippen LogP contribution in [0.5, 0.6) is 0 Å². The molecule has 0 heterocycles. The first-order chi connectivity index (χ1) is 13.5. The second kappa shape index (κ2) is 6.36. The van der Waals surface area contributed by atoms with Gasteiger partial charge in [-0.15, -0.1) is 0 Å². The minimum absolute atomic E-state index is 0.115. The molecule has 0 aromatic rings. The van der Waals surface area contributed by atoms with Gasteiger partial charge >= 0.3 is 5.97 Å². The van der Waals surface area contributed by atoms with Crippen molar-refractivity contribution in [2.75, 3.05) is 0 Å². The van der Waals surface area contributed by atoms with Crippen LogP contribution in [0.2, 0.25) is 0 Å². The Hall–Kier alpha value is -1.78. The maximum absolute atomic E-state index is 13.7. The number of esters is 1. The minimum Gasteiger partial charge on any atom is -0.451 e. The van der Waals surface area contributed by atoms with Crippen molar-refractivity contribution < 1.29 is 23.9 Å². The molecule has 0 saturated heterocycles. The fourth-order valence-corrected chi connectivity index (χ4v) is 7.87. The van der Waals surface area contributed by atoms with Crippen molar-refractivity contribution in [3.8, 4) is 0 Å². The lowest BCUT2D eigenvalue weighted by Gasteiger charge is -2.59. The third kappa shape index (κ3) is 2.58. The molecule has 4 aliphatic carbocycles. The van der Waals surface area contributed by atoms with E-state index in [9.17, 15) is 19.2 Å². The lowest BCUT2D eigenvalue weighted by molar-refractivity contribution is -0.189. The number of Topliss-reactive ketones (excluding diaryl/α,β-unsaturated/α-hetero) is 2. The number of carbonyl (C=O) groups excluding carboxylic acids is 4. The van der Waals surface area contributed by atoms with Crippen molar-refractivity contribution >= 4 is 23.3 Å². The van der Waals surface area contributed by atoms with E-state index >= 15 is 0 Å². The van der Waals surface area contributed by atoms with Crippen molar-refractivity contribution in [3.63, 3.8) is 0 Å². The summed E-state index contributed by atoms with van der Waals surface area (Å²) in [5.41, 5.74) is -1.00. The summed E-state index contributed by atoms with van der Waals surface area (Å²) in [6.07, 6.45) is 5.41. The summed E-state index contributed by atoms with van der Waals surface area (Å²) in [6.45, 7) is 9.15. The van der Waals surface area contributed by atoms with Crippen LogP contribution in [0.25, 0.3) is 0 Å². The Labute approximate surface area is 172 Å². The Bertz CT molecular complexity index is 840. The van der Waals surface area contributed by atoms with Gasteiger partial charge in [0.15, 0.2) is 17.2 Å². The maximum Gasteiger partial charge on any atom is 0.303 e. The van der Waals surface area contributed by atoms with Crippen LogP contribution in [0.3, 0.4) is 0 Å². The van der Waals surface area contributed by atoms with E-state index < -0.39 is 17.0 Å². The molecule has 0 aromatic carbocycles. The van der Waals surface area contributed by atoms with Gasteiger partial charge in [-0.3, -0.25) is 19.2 Å². The quantitative estimate of drug-likeness (QED) is 0.658. The summed E-state index contributed by atoms with van der Waals surface area (Å²) in [6, 6.07) is 0. The summed E-state index contributed by atoms with van der Waals surface area (Å²) in [5, 5.41) is 0. The average Bonchev–Trinajstić information content (AvgIpc) is 2.89. The Morgan fingerprint density at radius 2 is 1.83 bits per heavy atom. The van der Waals surface area contributed by atoms with Gasteiger partial charge in [-0.05, 0) is 61.9 Å². The molecule has 3 saturated carbocycles. The predicted molar refractivity (Wildman–Crippen MR) is 107 cm³/mol. The molecule has 158 valence electrons. The summed E-state index contributed by atoms with van der Waals surface area (Å²) in [4.78, 5) is 50.5. The fourth-order valence-electron chi connectivity index (χ4n) is 7.87. The zero-order valence-electron chi connectivity index (χ0n) is 18.2. The van der Waals surface area contributed by atoms with Gasteiger partial charge in [0.05, 0.1) is 0 Å². The highest BCUT2D eigenvalue weighted by atomic mass is 16.6. The topological polar surface area (TPSA) is 77.5 Å². The van der Waals surface area contributed by atoms with E-state index in [2.05, 4.69) is 13.8 Å². The van der Waals surface area contributed by atoms with Gasteiger partial charge in [-0.2, -0.15) is 0 Å². The van der Waals surface area contributed by atoms with Crippen molar-refractivity contribution in [3.05, 3.63) is 11.6 Å². The average molecular weight is 401 g/mol. The molecule has 0 aliphatic heterocycles. The lowest BCUT2D eigenvalue weighted by atomic mass is 9.44. The predicted octanol–water partition coefficient (Wildman–Crippen LogP) is 3.83. The zero-order valence-corrected chi connectivity index (χ0v) is 18.2. The monoisotopic (exact) mass is 400 g/mol. The third-order valence-electron chi connectivity index (χ3n) is 8.98. The van der Waals surface area contributed by atoms with E-state index in [0.717, 1.165) is 24.8 Å². The third-order valence-corrected chi connectivity index (χ3v) is 8.98. The first-order valence-electron chi connectivity index (χ1n) is 10.9. The molecular formula is C24H32O5. The molecule has 0 bridgehead atoms. The fraction of sp³-hybridized carbons (Fsp3) is 0.750. The molecule has 5 heteroatoms. The number of carbonyl (C=O) groups is 4. The van der Waals surface area contributed by atoms with Crippen LogP contribution in [0.15, 0.2) is 11.6 Å². The summed E-state index contributed by atoms with van der Waals surface area (Å²) >= 11 is 0. The Morgan fingerprint density at radius 1 is 1.14 bits per heavy atom. The molecular weight excluding hydrogens is 368 g/mol. The van der Waals surface area contributed by atoms with Crippen LogP contribution in [0, 0.1) is 34.5 Å². The van der Waals surface area contributed by atoms with E-state index in [4.69, 9.17) is 4.74 Å². The number of ether oxygens (including phenoxy) is 1. The molecule has 0 unspecified atom stereocenters. The molecule has 3 fully saturated rings. The number of fused-ring (bicyclic) bond motifs is 5. The molecule has 0 aromatic heterocycles. The first-order valence-corrected chi connectivity index (χ1v) is 10.9. The molecule has 0 amide bonds. The standard InChI is InChI=1S/C24H32O5/c1-13-10-17-18-7-9-24(14(2)25,29-15(3)26)23(18,5)12-20(28)21(17)22(4)8-6-16(27)11-19(13)22/h11,13,17-18,21H,6-10,12H2,1-5H3/t13-,17-,18-,21+,22-,23-,24-/m0/s1. The highest BCUT2D eigenvalue weighted by molar-refractivity contribution is 5.94. The second-order valence-electron chi connectivity index (χ2n) is 10.4. The SMILES string of the molecule is CC(=O)O[C@]1(C(C)=O)CC[C@H]2[C@@H]3C[C@H](C)C4=CC(=O)CC[C@]4(C)[C@H]3C(=O)C[C@@]21C. The zero-order chi connectivity index (χ0) is 21.4. The normalized spacial score (nSPS) is 46.3. The van der Waals surface area contributed by atoms with E-state index in [1.165, 1.54) is 13.8 Å². The molecule has 4 aliphatic rings. The van der Waals surface area contributed by atoms with Gasteiger partial charge in [0.25, 0.3) is 0 Å². The van der Waals surface area contributed by atoms with Crippen LogP contribution in [-0.2, 0) is 23.9 Å². The van der Waals surface area contributed by atoms with Crippen molar-refractivity contribution in [1.29, 1.82) is 0 Å². The Morgan fingerprint density at radius 3 is 2.45 bits per heavy atom. The van der Waals surface area contributed by atoms with E-state index in [0.29, 0.717) is 12.8 Å². The van der Waals surface area contributed by atoms with Crippen LogP contribution >= 0.6 is 0 Å². The largest absolute Gasteiger partial charge is 0.451 e. The Kier molecular flexibility index (Phi) is 4.49. The smallest absolute Gasteiger partial charge is 0.303 e.